The van der Waals surface area contributed by atoms with Gasteiger partial charge in [-0.3, -0.25) is 4.79 Å². The fraction of sp³-hybridized carbons (Fsp3) is 0.167. The molecule has 22 heavy (non-hydrogen) atoms. The minimum Gasteiger partial charge on any atom is -0.472 e. The van der Waals surface area contributed by atoms with Gasteiger partial charge >= 0.3 is 0 Å². The smallest absolute Gasteiger partial charge is 0.257 e. The molecule has 0 spiro atoms. The number of furan rings is 2. The van der Waals surface area contributed by atoms with E-state index in [9.17, 15) is 4.79 Å². The zero-order chi connectivity index (χ0) is 15.4. The zero-order valence-corrected chi connectivity index (χ0v) is 12.3. The van der Waals surface area contributed by atoms with Crippen molar-refractivity contribution in [3.8, 4) is 0 Å². The molecule has 0 aliphatic heterocycles. The standard InChI is InChI=1S/C18H17NO3/c1-14(16-5-3-2-4-6-16)19(11-15-7-9-21-12-15)18(20)17-8-10-22-13-17/h2-10,12-14H,11H2,1H3/t14-/m1/s1. The lowest BCUT2D eigenvalue weighted by molar-refractivity contribution is 0.0673. The summed E-state index contributed by atoms with van der Waals surface area (Å²) in [7, 11) is 0. The van der Waals surface area contributed by atoms with Crippen LogP contribution in [-0.4, -0.2) is 10.8 Å². The number of rotatable bonds is 5. The second kappa shape index (κ2) is 6.35. The maximum Gasteiger partial charge on any atom is 0.257 e. The monoisotopic (exact) mass is 295 g/mol. The molecule has 4 nitrogen and oxygen atoms in total. The van der Waals surface area contributed by atoms with Crippen LogP contribution in [0, 0.1) is 0 Å². The van der Waals surface area contributed by atoms with Crippen molar-refractivity contribution in [1.82, 2.24) is 4.90 Å². The van der Waals surface area contributed by atoms with E-state index in [1.807, 2.05) is 48.2 Å². The fourth-order valence-electron chi connectivity index (χ4n) is 2.43. The highest BCUT2D eigenvalue weighted by Crippen LogP contribution is 2.24. The summed E-state index contributed by atoms with van der Waals surface area (Å²) in [6, 6.07) is 13.5. The molecule has 0 aliphatic rings. The van der Waals surface area contributed by atoms with Crippen LogP contribution in [0.2, 0.25) is 0 Å². The van der Waals surface area contributed by atoms with E-state index >= 15 is 0 Å². The fourth-order valence-corrected chi connectivity index (χ4v) is 2.43. The Balaban J connectivity index is 1.90. The number of hydrogen-bond donors (Lipinski definition) is 0. The van der Waals surface area contributed by atoms with Crippen LogP contribution in [0.3, 0.4) is 0 Å². The van der Waals surface area contributed by atoms with Crippen LogP contribution in [-0.2, 0) is 6.54 Å². The summed E-state index contributed by atoms with van der Waals surface area (Å²) in [5, 5.41) is 0. The highest BCUT2D eigenvalue weighted by Gasteiger charge is 2.24. The Morgan fingerprint density at radius 2 is 1.77 bits per heavy atom. The zero-order valence-electron chi connectivity index (χ0n) is 12.3. The maximum absolute atomic E-state index is 12.8. The Kier molecular flexibility index (Phi) is 4.10. The third kappa shape index (κ3) is 2.96. The number of carbonyl (C=O) groups is 1. The molecule has 3 rings (SSSR count). The summed E-state index contributed by atoms with van der Waals surface area (Å²) in [6.07, 6.45) is 6.26. The third-order valence-corrected chi connectivity index (χ3v) is 3.71. The average molecular weight is 295 g/mol. The molecule has 0 saturated heterocycles. The molecule has 0 saturated carbocycles. The van der Waals surface area contributed by atoms with Crippen LogP contribution in [0.5, 0.6) is 0 Å². The lowest BCUT2D eigenvalue weighted by atomic mass is 10.1. The first-order valence-corrected chi connectivity index (χ1v) is 7.15. The van der Waals surface area contributed by atoms with E-state index < -0.39 is 0 Å². The van der Waals surface area contributed by atoms with Crippen molar-refractivity contribution in [2.24, 2.45) is 0 Å². The van der Waals surface area contributed by atoms with Crippen molar-refractivity contribution in [2.75, 3.05) is 0 Å². The number of carbonyl (C=O) groups excluding carboxylic acids is 1. The van der Waals surface area contributed by atoms with Crippen LogP contribution < -0.4 is 0 Å². The largest absolute Gasteiger partial charge is 0.472 e. The average Bonchev–Trinajstić information content (AvgIpc) is 3.25. The van der Waals surface area contributed by atoms with Gasteiger partial charge < -0.3 is 13.7 Å². The van der Waals surface area contributed by atoms with E-state index in [0.29, 0.717) is 12.1 Å². The number of benzene rings is 1. The predicted molar refractivity (Wildman–Crippen MR) is 82.1 cm³/mol. The molecule has 112 valence electrons. The molecule has 0 N–H and O–H groups in total. The van der Waals surface area contributed by atoms with Crippen LogP contribution in [0.25, 0.3) is 0 Å². The Bertz CT molecular complexity index is 702. The molecule has 0 radical (unpaired) electrons. The topological polar surface area (TPSA) is 46.6 Å². The SMILES string of the molecule is C[C@H](c1ccccc1)N(Cc1ccoc1)C(=O)c1ccoc1. The van der Waals surface area contributed by atoms with Gasteiger partial charge in [-0.1, -0.05) is 30.3 Å². The first-order chi connectivity index (χ1) is 10.8. The summed E-state index contributed by atoms with van der Waals surface area (Å²) in [6.45, 7) is 2.50. The lowest BCUT2D eigenvalue weighted by Gasteiger charge is -2.29. The third-order valence-electron chi connectivity index (χ3n) is 3.71. The first kappa shape index (κ1) is 14.2. The van der Waals surface area contributed by atoms with Crippen molar-refractivity contribution in [3.63, 3.8) is 0 Å². The minimum atomic E-state index is -0.0636. The Morgan fingerprint density at radius 1 is 1.05 bits per heavy atom. The molecule has 4 heteroatoms. The van der Waals surface area contributed by atoms with Gasteiger partial charge in [0.15, 0.2) is 0 Å². The highest BCUT2D eigenvalue weighted by molar-refractivity contribution is 5.94. The second-order valence-electron chi connectivity index (χ2n) is 5.16. The van der Waals surface area contributed by atoms with E-state index in [4.69, 9.17) is 8.83 Å². The van der Waals surface area contributed by atoms with Gasteiger partial charge in [0.25, 0.3) is 5.91 Å². The Hall–Kier alpha value is -2.75. The number of nitrogens with zero attached hydrogens (tertiary/aromatic N) is 1. The van der Waals surface area contributed by atoms with Gasteiger partial charge in [-0.05, 0) is 24.6 Å². The van der Waals surface area contributed by atoms with Crippen molar-refractivity contribution in [1.29, 1.82) is 0 Å². The molecule has 0 fully saturated rings. The van der Waals surface area contributed by atoms with Crippen LogP contribution in [0.1, 0.15) is 34.5 Å². The molecular formula is C18H17NO3. The summed E-state index contributed by atoms with van der Waals surface area (Å²) >= 11 is 0. The van der Waals surface area contributed by atoms with Crippen LogP contribution in [0.4, 0.5) is 0 Å². The minimum absolute atomic E-state index is 0.0569. The summed E-state index contributed by atoms with van der Waals surface area (Å²) in [4.78, 5) is 14.6. The van der Waals surface area contributed by atoms with E-state index in [2.05, 4.69) is 0 Å². The predicted octanol–water partition coefficient (Wildman–Crippen LogP) is 4.28. The van der Waals surface area contributed by atoms with E-state index in [1.165, 1.54) is 12.5 Å². The van der Waals surface area contributed by atoms with Crippen molar-refractivity contribution in [2.45, 2.75) is 19.5 Å². The van der Waals surface area contributed by atoms with Gasteiger partial charge in [0.1, 0.15) is 6.26 Å². The molecule has 0 unspecified atom stereocenters. The van der Waals surface area contributed by atoms with Gasteiger partial charge in [0, 0.05) is 12.1 Å². The summed E-state index contributed by atoms with van der Waals surface area (Å²) < 4.78 is 10.2. The molecule has 1 aromatic carbocycles. The van der Waals surface area contributed by atoms with Gasteiger partial charge in [-0.2, -0.15) is 0 Å². The molecule has 1 amide bonds. The molecule has 1 atom stereocenters. The van der Waals surface area contributed by atoms with E-state index in [0.717, 1.165) is 11.1 Å². The van der Waals surface area contributed by atoms with Gasteiger partial charge in [-0.15, -0.1) is 0 Å². The quantitative estimate of drug-likeness (QED) is 0.706. The van der Waals surface area contributed by atoms with Crippen LogP contribution >= 0.6 is 0 Å². The van der Waals surface area contributed by atoms with Gasteiger partial charge in [-0.25, -0.2) is 0 Å². The Morgan fingerprint density at radius 3 is 2.41 bits per heavy atom. The van der Waals surface area contributed by atoms with Crippen molar-refractivity contribution in [3.05, 3.63) is 84.2 Å². The number of hydrogen-bond acceptors (Lipinski definition) is 3. The van der Waals surface area contributed by atoms with Gasteiger partial charge in [0.2, 0.25) is 0 Å². The molecule has 2 heterocycles. The van der Waals surface area contributed by atoms with Crippen LogP contribution in [0.15, 0.2) is 76.4 Å². The second-order valence-corrected chi connectivity index (χ2v) is 5.16. The van der Waals surface area contributed by atoms with Crippen molar-refractivity contribution < 1.29 is 13.6 Å². The summed E-state index contributed by atoms with van der Waals surface area (Å²) in [5.74, 6) is -0.0636. The lowest BCUT2D eigenvalue weighted by Crippen LogP contribution is -2.32. The molecule has 0 aliphatic carbocycles. The first-order valence-electron chi connectivity index (χ1n) is 7.15. The van der Waals surface area contributed by atoms with E-state index in [-0.39, 0.29) is 11.9 Å². The Labute approximate surface area is 129 Å². The molecule has 2 aromatic heterocycles. The summed E-state index contributed by atoms with van der Waals surface area (Å²) in [5.41, 5.74) is 2.59. The molecular weight excluding hydrogens is 278 g/mol. The number of amides is 1. The van der Waals surface area contributed by atoms with Gasteiger partial charge in [0.05, 0.1) is 30.4 Å². The highest BCUT2D eigenvalue weighted by atomic mass is 16.3. The van der Waals surface area contributed by atoms with Crippen molar-refractivity contribution >= 4 is 5.91 Å². The molecule has 0 bridgehead atoms. The van der Waals surface area contributed by atoms with E-state index in [1.54, 1.807) is 18.6 Å². The normalized spacial score (nSPS) is 12.0. The molecule has 3 aromatic rings. The maximum atomic E-state index is 12.8.